The van der Waals surface area contributed by atoms with Gasteiger partial charge < -0.3 is 10.2 Å². The SMILES string of the molecule is Cc1ncccc1CC(=O)c1ccc2c(c1)C(=O)C=C[C@@H]1C[C@@](O)(C(F)(F)F)CC[C@@]21Cc1ccccc1.Cc1ncccc1CC(=O)c1ccc2c(c1)C(=O)CC(O)[C@@H]1C[C@@](C)(C(F)(F)F)CC[C@@]21Cc1ccccc1. The van der Waals surface area contributed by atoms with Crippen LogP contribution in [0.1, 0.15) is 138 Å². The third kappa shape index (κ3) is 10.8. The van der Waals surface area contributed by atoms with E-state index in [0.717, 1.165) is 33.6 Å². The van der Waals surface area contributed by atoms with E-state index >= 15 is 0 Å². The molecule has 1 unspecified atom stereocenters. The van der Waals surface area contributed by atoms with Gasteiger partial charge in [-0.3, -0.25) is 29.1 Å². The van der Waals surface area contributed by atoms with E-state index in [1.807, 2.05) is 86.6 Å². The highest BCUT2D eigenvalue weighted by Crippen LogP contribution is 2.60. The molecule has 14 heteroatoms. The van der Waals surface area contributed by atoms with Crippen LogP contribution in [0.2, 0.25) is 0 Å². The number of aliphatic hydroxyl groups is 2. The average molecular weight is 1060 g/mol. The standard InChI is InChI=1S/C32H32F3NO3.C31H28F3NO3/c1-20-22(9-6-14-36-20)16-27(37)23-10-11-25-24(15-23)28(38)17-29(39)26-19-30(2,32(33,34)35)12-13-31(25,26)18-21-7-4-3-5-8-21;1-20-22(8-5-15-35-20)17-28(37)23-9-11-26-25(16-23)27(36)12-10-24-19-30(38,31(32,33)34)14-13-29(24,26)18-21-6-3-2-4-7-21/h3-11,14-15,26,29,39H,12-13,16-19H2,1-2H3;2-12,15-16,24,38H,13-14,17-19H2,1H3/t26-,29?,30-,31+;24-,29+,30-/m01/s1. The number of aryl methyl sites for hydroxylation is 2. The second-order valence-electron chi connectivity index (χ2n) is 22.0. The molecule has 0 amide bonds. The van der Waals surface area contributed by atoms with Gasteiger partial charge in [0.15, 0.2) is 28.7 Å². The Morgan fingerprint density at radius 1 is 0.623 bits per heavy atom. The van der Waals surface area contributed by atoms with Gasteiger partial charge in [0.1, 0.15) is 0 Å². The Hall–Kier alpha value is -6.90. The first-order chi connectivity index (χ1) is 36.5. The third-order valence-corrected chi connectivity index (χ3v) is 17.3. The molecule has 0 radical (unpaired) electrons. The van der Waals surface area contributed by atoms with Crippen LogP contribution in [0.25, 0.3) is 0 Å². The number of aromatic nitrogens is 2. The molecule has 7 atom stereocenters. The lowest BCUT2D eigenvalue weighted by Gasteiger charge is -2.52. The number of Topliss-reactive ketones (excluding diaryl/α,β-unsaturated/α-hetero) is 3. The molecule has 2 fully saturated rings. The molecule has 6 aromatic rings. The lowest BCUT2D eigenvalue weighted by molar-refractivity contribution is -0.277. The Morgan fingerprint density at radius 3 is 1.65 bits per heavy atom. The molecule has 2 saturated carbocycles. The second kappa shape index (κ2) is 21.1. The van der Waals surface area contributed by atoms with E-state index in [2.05, 4.69) is 9.97 Å². The number of halogens is 6. The number of pyridine rings is 2. The van der Waals surface area contributed by atoms with Crippen LogP contribution in [0.3, 0.4) is 0 Å². The van der Waals surface area contributed by atoms with Crippen LogP contribution in [0.5, 0.6) is 0 Å². The maximum absolute atomic E-state index is 14.2. The van der Waals surface area contributed by atoms with Crippen LogP contribution in [0.15, 0.2) is 146 Å². The predicted molar refractivity (Wildman–Crippen MR) is 279 cm³/mol. The molecule has 0 bridgehead atoms. The van der Waals surface area contributed by atoms with Crippen molar-refractivity contribution in [3.63, 3.8) is 0 Å². The zero-order valence-electron chi connectivity index (χ0n) is 43.1. The number of ketones is 4. The zero-order chi connectivity index (χ0) is 55.1. The fourth-order valence-corrected chi connectivity index (χ4v) is 12.7. The summed E-state index contributed by atoms with van der Waals surface area (Å²) in [6, 6.07) is 36.1. The van der Waals surface area contributed by atoms with Crippen molar-refractivity contribution in [2.24, 2.45) is 17.3 Å². The zero-order valence-corrected chi connectivity index (χ0v) is 43.1. The van der Waals surface area contributed by atoms with Crippen molar-refractivity contribution in [1.29, 1.82) is 0 Å². The normalized spacial score (nSPS) is 25.9. The van der Waals surface area contributed by atoms with Crippen LogP contribution in [0, 0.1) is 31.1 Å². The summed E-state index contributed by atoms with van der Waals surface area (Å²) in [5, 5.41) is 21.9. The Kier molecular flexibility index (Phi) is 15.1. The molecule has 10 rings (SSSR count). The van der Waals surface area contributed by atoms with Crippen LogP contribution < -0.4 is 0 Å². The number of hydrogen-bond donors (Lipinski definition) is 2. The highest BCUT2D eigenvalue weighted by atomic mass is 19.4. The summed E-state index contributed by atoms with van der Waals surface area (Å²) in [7, 11) is 0. The number of allylic oxidation sites excluding steroid dienone is 2. The van der Waals surface area contributed by atoms with Gasteiger partial charge in [-0.25, -0.2) is 0 Å². The van der Waals surface area contributed by atoms with Crippen LogP contribution in [-0.2, 0) is 36.5 Å². The lowest BCUT2D eigenvalue weighted by Crippen LogP contribution is -2.55. The van der Waals surface area contributed by atoms with Gasteiger partial charge in [-0.2, -0.15) is 26.3 Å². The van der Waals surface area contributed by atoms with Crippen molar-refractivity contribution >= 4 is 23.1 Å². The minimum atomic E-state index is -4.78. The van der Waals surface area contributed by atoms with Crippen molar-refractivity contribution in [2.75, 3.05) is 0 Å². The molecule has 400 valence electrons. The number of carbonyl (C=O) groups is 4. The summed E-state index contributed by atoms with van der Waals surface area (Å²) in [4.78, 5) is 61.7. The molecule has 2 heterocycles. The van der Waals surface area contributed by atoms with Crippen molar-refractivity contribution in [2.45, 2.75) is 126 Å². The molecule has 0 saturated heterocycles. The summed E-state index contributed by atoms with van der Waals surface area (Å²) >= 11 is 0. The van der Waals surface area contributed by atoms with E-state index in [1.54, 1.807) is 60.9 Å². The van der Waals surface area contributed by atoms with Gasteiger partial charge in [-0.05, 0) is 141 Å². The van der Waals surface area contributed by atoms with Gasteiger partial charge in [0.2, 0.25) is 0 Å². The molecular weight excluding hydrogens is 995 g/mol. The molecule has 2 N–H and O–H groups in total. The highest BCUT2D eigenvalue weighted by molar-refractivity contribution is 6.09. The van der Waals surface area contributed by atoms with E-state index in [0.29, 0.717) is 46.2 Å². The topological polar surface area (TPSA) is 135 Å². The second-order valence-corrected chi connectivity index (χ2v) is 22.0. The third-order valence-electron chi connectivity index (χ3n) is 17.3. The molecule has 4 aliphatic rings. The fraction of sp³-hybridized carbons (Fsp3) is 0.365. The lowest BCUT2D eigenvalue weighted by atomic mass is 9.53. The number of aliphatic hydroxyl groups excluding tert-OH is 1. The molecule has 77 heavy (non-hydrogen) atoms. The molecule has 4 aliphatic carbocycles. The van der Waals surface area contributed by atoms with Gasteiger partial charge in [0, 0.05) is 76.1 Å². The monoisotopic (exact) mass is 1050 g/mol. The van der Waals surface area contributed by atoms with Gasteiger partial charge >= 0.3 is 12.4 Å². The number of benzene rings is 4. The first-order valence-electron chi connectivity index (χ1n) is 26.0. The van der Waals surface area contributed by atoms with Crippen LogP contribution in [0.4, 0.5) is 26.3 Å². The van der Waals surface area contributed by atoms with Gasteiger partial charge in [0.25, 0.3) is 0 Å². The van der Waals surface area contributed by atoms with Gasteiger partial charge in [-0.15, -0.1) is 0 Å². The van der Waals surface area contributed by atoms with Crippen molar-refractivity contribution in [3.05, 3.63) is 213 Å². The molecule has 2 aromatic heterocycles. The molecule has 0 spiro atoms. The van der Waals surface area contributed by atoms with E-state index in [1.165, 1.54) is 19.1 Å². The van der Waals surface area contributed by atoms with Crippen LogP contribution in [-0.4, -0.2) is 67.4 Å². The van der Waals surface area contributed by atoms with E-state index < -0.39 is 65.0 Å². The van der Waals surface area contributed by atoms with Crippen molar-refractivity contribution < 1.29 is 55.7 Å². The maximum atomic E-state index is 14.2. The summed E-state index contributed by atoms with van der Waals surface area (Å²) in [5.41, 5.74) is 1.07. The number of hydrogen-bond acceptors (Lipinski definition) is 8. The number of rotatable bonds is 10. The van der Waals surface area contributed by atoms with Crippen LogP contribution >= 0.6 is 0 Å². The molecule has 4 aromatic carbocycles. The minimum absolute atomic E-state index is 0.0371. The minimum Gasteiger partial charge on any atom is -0.392 e. The van der Waals surface area contributed by atoms with Gasteiger partial charge in [-0.1, -0.05) is 110 Å². The number of fused-ring (bicyclic) bond motifs is 6. The quantitative estimate of drug-likeness (QED) is 0.102. The highest BCUT2D eigenvalue weighted by Gasteiger charge is 2.62. The Bertz CT molecular complexity index is 3250. The number of carbonyl (C=O) groups excluding carboxylic acids is 4. The first kappa shape index (κ1) is 54.9. The van der Waals surface area contributed by atoms with E-state index in [4.69, 9.17) is 0 Å². The summed E-state index contributed by atoms with van der Waals surface area (Å²) in [6.07, 6.45) is -4.69. The van der Waals surface area contributed by atoms with E-state index in [-0.39, 0.29) is 68.1 Å². The molecular formula is C63H60F6N2O6. The maximum Gasteiger partial charge on any atom is 0.417 e. The van der Waals surface area contributed by atoms with Gasteiger partial charge in [0.05, 0.1) is 11.5 Å². The summed E-state index contributed by atoms with van der Waals surface area (Å²) in [6.45, 7) is 4.88. The summed E-state index contributed by atoms with van der Waals surface area (Å²) < 4.78 is 84.2. The summed E-state index contributed by atoms with van der Waals surface area (Å²) in [5.74, 6) is -2.55. The predicted octanol–water partition coefficient (Wildman–Crippen LogP) is 12.8. The fourth-order valence-electron chi connectivity index (χ4n) is 12.7. The average Bonchev–Trinajstić information content (AvgIpc) is 3.70. The molecule has 0 aliphatic heterocycles. The van der Waals surface area contributed by atoms with E-state index in [9.17, 15) is 55.7 Å². The van der Waals surface area contributed by atoms with Crippen molar-refractivity contribution in [1.82, 2.24) is 9.97 Å². The number of nitrogens with zero attached hydrogens (tertiary/aromatic N) is 2. The van der Waals surface area contributed by atoms with Crippen molar-refractivity contribution in [3.8, 4) is 0 Å². The number of alkyl halides is 6. The first-order valence-corrected chi connectivity index (χ1v) is 26.0. The Morgan fingerprint density at radius 2 is 1.13 bits per heavy atom. The smallest absolute Gasteiger partial charge is 0.392 e. The Balaban J connectivity index is 0.000000188. The Labute approximate surface area is 443 Å². The molecule has 8 nitrogen and oxygen atoms in total. The largest absolute Gasteiger partial charge is 0.417 e.